The lowest BCUT2D eigenvalue weighted by molar-refractivity contribution is -0.128. The van der Waals surface area contributed by atoms with Crippen molar-refractivity contribution < 1.29 is 4.79 Å². The van der Waals surface area contributed by atoms with Crippen LogP contribution in [0.3, 0.4) is 0 Å². The second-order valence-corrected chi connectivity index (χ2v) is 8.20. The third kappa shape index (κ3) is 5.59. The van der Waals surface area contributed by atoms with E-state index < -0.39 is 0 Å². The molecule has 2 aliphatic heterocycles. The van der Waals surface area contributed by atoms with Gasteiger partial charge >= 0.3 is 0 Å². The van der Waals surface area contributed by atoms with Crippen LogP contribution in [0.5, 0.6) is 0 Å². The zero-order valence-corrected chi connectivity index (χ0v) is 18.2. The fourth-order valence-electron chi connectivity index (χ4n) is 4.21. The number of hydrogen-bond donors (Lipinski definition) is 1. The maximum Gasteiger partial charge on any atom is 0.249 e. The quantitative estimate of drug-likeness (QED) is 0.624. The Kier molecular flexibility index (Phi) is 7.68. The first-order valence-electron chi connectivity index (χ1n) is 11.2. The van der Waals surface area contributed by atoms with Gasteiger partial charge in [0, 0.05) is 42.4 Å². The summed E-state index contributed by atoms with van der Waals surface area (Å²) >= 11 is 0. The monoisotopic (exact) mass is 393 g/mol. The summed E-state index contributed by atoms with van der Waals surface area (Å²) in [5.41, 5.74) is 3.53. The number of nitrogens with one attached hydrogen (secondary N) is 1. The molecule has 0 radical (unpaired) electrons. The number of aliphatic imine (C=N–C) groups is 1. The lowest BCUT2D eigenvalue weighted by Gasteiger charge is -2.30. The number of piperidine rings is 1. The minimum Gasteiger partial charge on any atom is -0.344 e. The molecule has 0 spiro atoms. The van der Waals surface area contributed by atoms with E-state index in [9.17, 15) is 4.79 Å². The first kappa shape index (κ1) is 21.4. The molecule has 0 aromatic heterocycles. The van der Waals surface area contributed by atoms with Gasteiger partial charge in [-0.1, -0.05) is 43.7 Å². The molecular formula is C25H35N3O. The van der Waals surface area contributed by atoms with Gasteiger partial charge in [0.15, 0.2) is 0 Å². The molecule has 1 amide bonds. The van der Waals surface area contributed by atoms with E-state index >= 15 is 0 Å². The molecule has 1 fully saturated rings. The lowest BCUT2D eigenvalue weighted by atomic mass is 9.81. The second-order valence-electron chi connectivity index (χ2n) is 8.20. The van der Waals surface area contributed by atoms with Crippen molar-refractivity contribution in [3.05, 3.63) is 59.1 Å². The number of nitrogens with zero attached hydrogens (tertiary/aromatic N) is 2. The number of carbonyl (C=O) groups excluding carboxylic acids is 1. The topological polar surface area (TPSA) is 44.7 Å². The van der Waals surface area contributed by atoms with Gasteiger partial charge in [-0.3, -0.25) is 4.79 Å². The normalized spacial score (nSPS) is 25.6. The van der Waals surface area contributed by atoms with Gasteiger partial charge in [0.1, 0.15) is 5.82 Å². The molecule has 0 aromatic rings. The van der Waals surface area contributed by atoms with Gasteiger partial charge in [0.25, 0.3) is 0 Å². The van der Waals surface area contributed by atoms with Gasteiger partial charge in [-0.15, -0.1) is 0 Å². The maximum atomic E-state index is 12.8. The molecule has 1 saturated heterocycles. The van der Waals surface area contributed by atoms with Crippen LogP contribution in [0.2, 0.25) is 0 Å². The summed E-state index contributed by atoms with van der Waals surface area (Å²) in [6.07, 6.45) is 21.0. The first-order chi connectivity index (χ1) is 14.1. The van der Waals surface area contributed by atoms with Crippen LogP contribution >= 0.6 is 0 Å². The van der Waals surface area contributed by atoms with Crippen molar-refractivity contribution in [1.29, 1.82) is 0 Å². The fraction of sp³-hybridized carbons (Fsp3) is 0.520. The van der Waals surface area contributed by atoms with Crippen LogP contribution in [-0.4, -0.2) is 30.1 Å². The Bertz CT molecular complexity index is 776. The Balaban J connectivity index is 1.71. The molecule has 29 heavy (non-hydrogen) atoms. The van der Waals surface area contributed by atoms with E-state index in [4.69, 9.17) is 0 Å². The minimum absolute atomic E-state index is 0.248. The van der Waals surface area contributed by atoms with Crippen LogP contribution in [0.15, 0.2) is 64.1 Å². The SMILES string of the molecule is C/C=C\C=C(/CC)NC1=CC(C2=CC=C(C(=O)N3CCCCC3)CC2)C(C)C=N1. The summed E-state index contributed by atoms with van der Waals surface area (Å²) in [5.74, 6) is 1.87. The molecule has 156 valence electrons. The molecule has 2 unspecified atom stereocenters. The molecule has 1 N–H and O–H groups in total. The van der Waals surface area contributed by atoms with Gasteiger partial charge in [-0.2, -0.15) is 0 Å². The zero-order chi connectivity index (χ0) is 20.6. The number of rotatable bonds is 6. The molecule has 3 rings (SSSR count). The molecular weight excluding hydrogens is 358 g/mol. The van der Waals surface area contributed by atoms with E-state index in [0.717, 1.165) is 62.3 Å². The Morgan fingerprint density at radius 2 is 2.03 bits per heavy atom. The van der Waals surface area contributed by atoms with Crippen LogP contribution < -0.4 is 5.32 Å². The van der Waals surface area contributed by atoms with Crippen molar-refractivity contribution in [3.63, 3.8) is 0 Å². The molecule has 2 heterocycles. The average Bonchev–Trinajstić information content (AvgIpc) is 2.78. The molecule has 4 nitrogen and oxygen atoms in total. The summed E-state index contributed by atoms with van der Waals surface area (Å²) in [6, 6.07) is 0. The second kappa shape index (κ2) is 10.4. The van der Waals surface area contributed by atoms with Crippen molar-refractivity contribution in [2.45, 2.75) is 59.3 Å². The van der Waals surface area contributed by atoms with Gasteiger partial charge in [-0.25, -0.2) is 4.99 Å². The highest BCUT2D eigenvalue weighted by atomic mass is 16.2. The van der Waals surface area contributed by atoms with Crippen molar-refractivity contribution in [2.24, 2.45) is 16.8 Å². The van der Waals surface area contributed by atoms with Gasteiger partial charge in [-0.05, 0) is 57.6 Å². The van der Waals surface area contributed by atoms with E-state index in [2.05, 4.69) is 54.7 Å². The van der Waals surface area contributed by atoms with Crippen LogP contribution in [0.4, 0.5) is 0 Å². The summed E-state index contributed by atoms with van der Waals surface area (Å²) in [7, 11) is 0. The average molecular weight is 394 g/mol. The van der Waals surface area contributed by atoms with Gasteiger partial charge in [0.2, 0.25) is 5.91 Å². The standard InChI is InChI=1S/C25H35N3O/c1-4-6-10-22(5-2)27-24-17-23(19(3)18-26-24)20-11-13-21(14-12-20)25(29)28-15-8-7-9-16-28/h4,6,10-11,13,17-19,23,27H,5,7-9,12,14-16H2,1-3H3/b6-4-,22-10+. The molecule has 0 aromatic carbocycles. The minimum atomic E-state index is 0.248. The Hall–Kier alpha value is -2.36. The third-order valence-corrected chi connectivity index (χ3v) is 6.04. The van der Waals surface area contributed by atoms with Crippen molar-refractivity contribution in [3.8, 4) is 0 Å². The highest BCUT2D eigenvalue weighted by molar-refractivity contribution is 5.94. The van der Waals surface area contributed by atoms with Gasteiger partial charge < -0.3 is 10.2 Å². The van der Waals surface area contributed by atoms with E-state index in [1.54, 1.807) is 0 Å². The molecule has 2 atom stereocenters. The van der Waals surface area contributed by atoms with Crippen molar-refractivity contribution in [2.75, 3.05) is 13.1 Å². The number of hydrogen-bond acceptors (Lipinski definition) is 3. The first-order valence-corrected chi connectivity index (χ1v) is 11.2. The maximum absolute atomic E-state index is 12.8. The van der Waals surface area contributed by atoms with E-state index in [-0.39, 0.29) is 5.91 Å². The molecule has 0 saturated carbocycles. The Morgan fingerprint density at radius 3 is 2.69 bits per heavy atom. The third-order valence-electron chi connectivity index (χ3n) is 6.04. The largest absolute Gasteiger partial charge is 0.344 e. The number of carbonyl (C=O) groups is 1. The van der Waals surface area contributed by atoms with Crippen LogP contribution in [-0.2, 0) is 4.79 Å². The van der Waals surface area contributed by atoms with Crippen molar-refractivity contribution >= 4 is 12.1 Å². The molecule has 0 bridgehead atoms. The Morgan fingerprint density at radius 1 is 1.24 bits per heavy atom. The van der Waals surface area contributed by atoms with Gasteiger partial charge in [0.05, 0.1) is 0 Å². The summed E-state index contributed by atoms with van der Waals surface area (Å²) in [6.45, 7) is 8.22. The molecule has 4 heteroatoms. The number of allylic oxidation sites excluding steroid dienone is 8. The van der Waals surface area contributed by atoms with E-state index in [1.807, 2.05) is 24.0 Å². The van der Waals surface area contributed by atoms with Crippen LogP contribution in [0.1, 0.15) is 59.3 Å². The molecule has 3 aliphatic rings. The fourth-order valence-corrected chi connectivity index (χ4v) is 4.21. The summed E-state index contributed by atoms with van der Waals surface area (Å²) < 4.78 is 0. The predicted molar refractivity (Wildman–Crippen MR) is 121 cm³/mol. The highest BCUT2D eigenvalue weighted by Crippen LogP contribution is 2.33. The van der Waals surface area contributed by atoms with Crippen LogP contribution in [0, 0.1) is 11.8 Å². The predicted octanol–water partition coefficient (Wildman–Crippen LogP) is 5.28. The van der Waals surface area contributed by atoms with E-state index in [1.165, 1.54) is 12.0 Å². The number of likely N-dealkylation sites (tertiary alicyclic amines) is 1. The summed E-state index contributed by atoms with van der Waals surface area (Å²) in [5, 5.41) is 3.47. The Labute approximate surface area is 175 Å². The van der Waals surface area contributed by atoms with Crippen molar-refractivity contribution in [1.82, 2.24) is 10.2 Å². The lowest BCUT2D eigenvalue weighted by Crippen LogP contribution is -2.36. The molecule has 1 aliphatic carbocycles. The number of amides is 1. The van der Waals surface area contributed by atoms with E-state index in [0.29, 0.717) is 11.8 Å². The van der Waals surface area contributed by atoms with Crippen LogP contribution in [0.25, 0.3) is 0 Å². The highest BCUT2D eigenvalue weighted by Gasteiger charge is 2.26. The summed E-state index contributed by atoms with van der Waals surface area (Å²) in [4.78, 5) is 19.4. The zero-order valence-electron chi connectivity index (χ0n) is 18.2. The smallest absolute Gasteiger partial charge is 0.249 e.